The summed E-state index contributed by atoms with van der Waals surface area (Å²) in [6.45, 7) is 1.51. The normalized spacial score (nSPS) is 13.7. The second-order valence-electron chi connectivity index (χ2n) is 14.4. The molecule has 0 unspecified atom stereocenters. The Morgan fingerprint density at radius 3 is 1.93 bits per heavy atom. The topological polar surface area (TPSA) is 360 Å². The number of rotatable bonds is 14. The van der Waals surface area contributed by atoms with Crippen molar-refractivity contribution in [2.24, 2.45) is 15.3 Å². The van der Waals surface area contributed by atoms with Crippen LogP contribution in [0.1, 0.15) is 31.8 Å². The molecule has 1 aliphatic carbocycles. The Bertz CT molecular complexity index is 3730. The lowest BCUT2D eigenvalue weighted by Crippen LogP contribution is -2.27. The number of ketones is 1. The number of Topliss-reactive ketones (excluding diaryl/α,β-unsaturated/α-hetero) is 1. The molecular weight excluding hydrogens is 989 g/mol. The molecule has 6 aromatic rings. The first-order valence-corrected chi connectivity index (χ1v) is 24.9. The number of benzene rings is 6. The summed E-state index contributed by atoms with van der Waals surface area (Å²) in [6, 6.07) is 20.7. The molecule has 6 aromatic carbocycles. The predicted octanol–water partition coefficient (Wildman–Crippen LogP) is 7.07. The Morgan fingerprint density at radius 2 is 1.29 bits per heavy atom. The monoisotopic (exact) mass is 1020 g/mol. The van der Waals surface area contributed by atoms with Crippen LogP contribution in [0.4, 0.5) is 33.2 Å². The number of urea groups is 1. The molecule has 0 fully saturated rings. The highest BCUT2D eigenvalue weighted by Crippen LogP contribution is 2.42. The van der Waals surface area contributed by atoms with E-state index in [9.17, 15) is 66.8 Å². The molecule has 0 bridgehead atoms. The predicted molar refractivity (Wildman–Crippen MR) is 247 cm³/mol. The summed E-state index contributed by atoms with van der Waals surface area (Å²) in [6.07, 6.45) is 0.928. The van der Waals surface area contributed by atoms with Crippen molar-refractivity contribution in [3.05, 3.63) is 136 Å². The third kappa shape index (κ3) is 10.8. The molecule has 356 valence electrons. The van der Waals surface area contributed by atoms with E-state index < -0.39 is 90.1 Å². The number of hydrogen-bond donors (Lipinski definition) is 7. The van der Waals surface area contributed by atoms with E-state index in [0.29, 0.717) is 6.07 Å². The average Bonchev–Trinajstić information content (AvgIpc) is 3.27. The van der Waals surface area contributed by atoms with E-state index in [4.69, 9.17) is 8.92 Å². The second-order valence-corrected chi connectivity index (χ2v) is 20.2. The molecule has 0 spiro atoms. The summed E-state index contributed by atoms with van der Waals surface area (Å²) < 4.78 is 141. The molecular formula is C42H32N6O17S4. The SMILES string of the molecule is COc1cc(N=Nc2cc(S(=O)(=O)O)cc3cc(S(=O)(=O)O)cc(OS(=O)(=O)c4ccccc4)c23)c(C)cc1NC(=O)Nc1ccc2c(c1)C=C(S(=O)(=O)O)C(=NNc1ccccc1C(=O)O)C2=O. The summed E-state index contributed by atoms with van der Waals surface area (Å²) >= 11 is 0. The van der Waals surface area contributed by atoms with Gasteiger partial charge in [-0.3, -0.25) is 23.9 Å². The van der Waals surface area contributed by atoms with Crippen LogP contribution in [0.5, 0.6) is 11.5 Å². The van der Waals surface area contributed by atoms with Crippen LogP contribution < -0.4 is 25.0 Å². The summed E-state index contributed by atoms with van der Waals surface area (Å²) in [7, 11) is -18.7. The van der Waals surface area contributed by atoms with Crippen molar-refractivity contribution >= 4 is 109 Å². The molecule has 23 nitrogen and oxygen atoms in total. The highest BCUT2D eigenvalue weighted by atomic mass is 32.2. The fraction of sp³-hybridized carbons (Fsp3) is 0.0476. The average molecular weight is 1020 g/mol. The Labute approximate surface area is 391 Å². The minimum Gasteiger partial charge on any atom is -0.494 e. The lowest BCUT2D eigenvalue weighted by atomic mass is 9.94. The zero-order valence-electron chi connectivity index (χ0n) is 35.0. The number of fused-ring (bicyclic) bond motifs is 2. The highest BCUT2D eigenvalue weighted by Gasteiger charge is 2.33. The van der Waals surface area contributed by atoms with Crippen molar-refractivity contribution in [2.45, 2.75) is 21.6 Å². The smallest absolute Gasteiger partial charge is 0.339 e. The van der Waals surface area contributed by atoms with E-state index in [1.807, 2.05) is 0 Å². The van der Waals surface area contributed by atoms with Gasteiger partial charge in [-0.15, -0.1) is 5.11 Å². The minimum atomic E-state index is -5.10. The van der Waals surface area contributed by atoms with Gasteiger partial charge in [-0.1, -0.05) is 30.3 Å². The van der Waals surface area contributed by atoms with Gasteiger partial charge in [0.05, 0.1) is 50.6 Å². The van der Waals surface area contributed by atoms with Crippen molar-refractivity contribution in [3.63, 3.8) is 0 Å². The van der Waals surface area contributed by atoms with E-state index in [2.05, 4.69) is 31.4 Å². The van der Waals surface area contributed by atoms with Gasteiger partial charge < -0.3 is 24.7 Å². The Hall–Kier alpha value is -7.92. The summed E-state index contributed by atoms with van der Waals surface area (Å²) in [5.41, 5.74) is 1.05. The number of carbonyl (C=O) groups excluding carboxylic acids is 2. The zero-order chi connectivity index (χ0) is 50.2. The number of allylic oxidation sites excluding steroid dienone is 1. The van der Waals surface area contributed by atoms with Gasteiger partial charge in [0.1, 0.15) is 15.6 Å². The second kappa shape index (κ2) is 18.6. The fourth-order valence-electron chi connectivity index (χ4n) is 6.64. The van der Waals surface area contributed by atoms with E-state index >= 15 is 0 Å². The molecule has 7 N–H and O–H groups in total. The molecule has 0 aromatic heterocycles. The Balaban J connectivity index is 1.18. The van der Waals surface area contributed by atoms with Crippen LogP contribution in [0.25, 0.3) is 16.8 Å². The number of nitrogens with zero attached hydrogens (tertiary/aromatic N) is 3. The zero-order valence-corrected chi connectivity index (χ0v) is 38.3. The first-order valence-electron chi connectivity index (χ1n) is 19.1. The molecule has 27 heteroatoms. The van der Waals surface area contributed by atoms with Crippen LogP contribution in [0, 0.1) is 6.92 Å². The molecule has 0 atom stereocenters. The number of carboxylic acids is 1. The number of hydrazone groups is 1. The molecule has 69 heavy (non-hydrogen) atoms. The number of azo groups is 1. The highest BCUT2D eigenvalue weighted by molar-refractivity contribution is 7.91. The van der Waals surface area contributed by atoms with Gasteiger partial charge in [-0.2, -0.15) is 43.9 Å². The summed E-state index contributed by atoms with van der Waals surface area (Å²) in [4.78, 5) is 35.4. The van der Waals surface area contributed by atoms with Crippen LogP contribution in [-0.2, 0) is 40.5 Å². The number of amides is 2. The molecule has 2 amide bonds. The van der Waals surface area contributed by atoms with Gasteiger partial charge in [0, 0.05) is 23.4 Å². The number of hydrogen-bond acceptors (Lipinski definition) is 17. The van der Waals surface area contributed by atoms with Gasteiger partial charge in [0.25, 0.3) is 30.4 Å². The summed E-state index contributed by atoms with van der Waals surface area (Å²) in [5, 5.41) is 25.9. The van der Waals surface area contributed by atoms with Crippen LogP contribution >= 0.6 is 0 Å². The number of methoxy groups -OCH3 is 1. The largest absolute Gasteiger partial charge is 0.494 e. The van der Waals surface area contributed by atoms with E-state index in [1.165, 1.54) is 99.0 Å². The summed E-state index contributed by atoms with van der Waals surface area (Å²) in [5.74, 6) is -3.06. The molecule has 1 aliphatic rings. The lowest BCUT2D eigenvalue weighted by Gasteiger charge is -2.18. The number of anilines is 3. The minimum absolute atomic E-state index is 0.0159. The molecule has 0 radical (unpaired) electrons. The number of carboxylic acid groups (broad SMARTS) is 1. The van der Waals surface area contributed by atoms with Gasteiger partial charge in [0.2, 0.25) is 5.78 Å². The maximum atomic E-state index is 13.5. The van der Waals surface area contributed by atoms with Crippen LogP contribution in [-0.4, -0.2) is 83.0 Å². The van der Waals surface area contributed by atoms with Gasteiger partial charge in [-0.25, -0.2) is 9.59 Å². The van der Waals surface area contributed by atoms with Gasteiger partial charge in [0.15, 0.2) is 11.5 Å². The standard InChI is InChI=1S/C42H32N6O17S4/c1-22-14-33(44-42(52)43-25-12-13-29-23(15-25)18-37(68(59,60)61)39(40(29)49)48-45-31-11-7-6-10-30(31)41(50)51)35(64-2)21-32(22)46-47-34-19-27(66(53,54)55)16-24-17-28(67(56,57)58)20-36(38(24)34)65-69(62,63)26-8-4-3-5-9-26/h3-21,45H,1-2H3,(H,50,51)(H2,43,44,52)(H,53,54,55)(H,56,57,58)(H,59,60,61). The quantitative estimate of drug-likeness (QED) is 0.0248. The van der Waals surface area contributed by atoms with Crippen molar-refractivity contribution in [3.8, 4) is 11.5 Å². The van der Waals surface area contributed by atoms with Crippen LogP contribution in [0.2, 0.25) is 0 Å². The molecule has 0 heterocycles. The maximum Gasteiger partial charge on any atom is 0.339 e. The fourth-order valence-corrected chi connectivity index (χ4v) is 9.32. The van der Waals surface area contributed by atoms with Crippen LogP contribution in [0.15, 0.2) is 144 Å². The Kier molecular flexibility index (Phi) is 13.2. The molecule has 0 aliphatic heterocycles. The molecule has 0 saturated heterocycles. The maximum absolute atomic E-state index is 13.5. The molecule has 0 saturated carbocycles. The van der Waals surface area contributed by atoms with Crippen molar-refractivity contribution in [1.82, 2.24) is 0 Å². The number of nitrogens with one attached hydrogen (secondary N) is 3. The van der Waals surface area contributed by atoms with Crippen molar-refractivity contribution < 1.29 is 75.7 Å². The van der Waals surface area contributed by atoms with E-state index in [1.54, 1.807) is 0 Å². The number of aromatic carboxylic acids is 1. The number of carbonyl (C=O) groups is 3. The van der Waals surface area contributed by atoms with E-state index in [-0.39, 0.29) is 66.4 Å². The van der Waals surface area contributed by atoms with Crippen molar-refractivity contribution in [2.75, 3.05) is 23.2 Å². The molecule has 7 rings (SSSR count). The number of aryl methyl sites for hydroxylation is 1. The van der Waals surface area contributed by atoms with Gasteiger partial charge >= 0.3 is 22.1 Å². The van der Waals surface area contributed by atoms with E-state index in [0.717, 1.165) is 24.3 Å². The number of para-hydroxylation sites is 1. The number of ether oxygens (including phenoxy) is 1. The Morgan fingerprint density at radius 1 is 0.652 bits per heavy atom. The van der Waals surface area contributed by atoms with Crippen molar-refractivity contribution in [1.29, 1.82) is 0 Å². The lowest BCUT2D eigenvalue weighted by molar-refractivity contribution is 0.0697. The first-order chi connectivity index (χ1) is 32.3. The van der Waals surface area contributed by atoms with Gasteiger partial charge in [-0.05, 0) is 96.2 Å². The first kappa shape index (κ1) is 49.0. The third-order valence-corrected chi connectivity index (χ3v) is 13.6. The van der Waals surface area contributed by atoms with Crippen LogP contribution in [0.3, 0.4) is 0 Å². The third-order valence-electron chi connectivity index (χ3n) is 9.81.